The highest BCUT2D eigenvalue weighted by Gasteiger charge is 2.19. The van der Waals surface area contributed by atoms with E-state index in [0.717, 1.165) is 0 Å². The molecule has 0 N–H and O–H groups in total. The number of Topliss-reactive ketones (excluding diaryl/α,β-unsaturated/α-hetero) is 1. The zero-order chi connectivity index (χ0) is 16.5. The van der Waals surface area contributed by atoms with Crippen LogP contribution >= 0.6 is 11.3 Å². The van der Waals surface area contributed by atoms with Gasteiger partial charge < -0.3 is 4.57 Å². The van der Waals surface area contributed by atoms with E-state index in [1.807, 2.05) is 20.8 Å². The Bertz CT molecular complexity index is 885. The molecule has 0 saturated heterocycles. The van der Waals surface area contributed by atoms with E-state index in [0.29, 0.717) is 14.8 Å². The van der Waals surface area contributed by atoms with Gasteiger partial charge >= 0.3 is 0 Å². The molecule has 1 heterocycles. The van der Waals surface area contributed by atoms with Gasteiger partial charge in [0.25, 0.3) is 5.56 Å². The zero-order valence-corrected chi connectivity index (χ0v) is 13.8. The second-order valence-corrected chi connectivity index (χ2v) is 7.16. The third-order valence-corrected chi connectivity index (χ3v) is 4.36. The molecule has 0 atom stereocenters. The van der Waals surface area contributed by atoms with Crippen LogP contribution in [0.2, 0.25) is 0 Å². The van der Waals surface area contributed by atoms with Crippen LogP contribution in [0.5, 0.6) is 0 Å². The first-order valence-electron chi connectivity index (χ1n) is 6.88. The van der Waals surface area contributed by atoms with Gasteiger partial charge in [-0.15, -0.1) is 11.3 Å². The lowest BCUT2D eigenvalue weighted by molar-refractivity contribution is -0.120. The molecule has 0 aliphatic carbocycles. The van der Waals surface area contributed by atoms with Crippen LogP contribution in [-0.2, 0) is 11.8 Å². The maximum absolute atomic E-state index is 13.7. The van der Waals surface area contributed by atoms with Gasteiger partial charge in [0.15, 0.2) is 5.78 Å². The van der Waals surface area contributed by atoms with E-state index in [9.17, 15) is 14.0 Å². The monoisotopic (exact) mass is 319 g/mol. The topological polar surface area (TPSA) is 39.1 Å². The quantitative estimate of drug-likeness (QED) is 0.847. The first-order valence-corrected chi connectivity index (χ1v) is 7.70. The molecule has 0 bridgehead atoms. The summed E-state index contributed by atoms with van der Waals surface area (Å²) in [5.74, 6) is -0.434. The summed E-state index contributed by atoms with van der Waals surface area (Å²) < 4.78 is 16.1. The van der Waals surface area contributed by atoms with E-state index in [-0.39, 0.29) is 17.2 Å². The number of aromatic nitrogens is 1. The summed E-state index contributed by atoms with van der Waals surface area (Å²) in [4.78, 5) is 24.3. The number of rotatable bonds is 2. The summed E-state index contributed by atoms with van der Waals surface area (Å²) in [6.45, 7) is 5.47. The molecule has 0 fully saturated rings. The number of carbonyl (C=O) groups excluding carboxylic acids is 1. The second kappa shape index (κ2) is 6.01. The van der Waals surface area contributed by atoms with Crippen LogP contribution in [0.1, 0.15) is 26.3 Å². The minimum atomic E-state index is -0.505. The summed E-state index contributed by atoms with van der Waals surface area (Å²) in [5.41, 5.74) is -0.383. The first kappa shape index (κ1) is 16.4. The van der Waals surface area contributed by atoms with Gasteiger partial charge in [0.2, 0.25) is 0 Å². The van der Waals surface area contributed by atoms with Crippen molar-refractivity contribution in [1.82, 2.24) is 4.57 Å². The lowest BCUT2D eigenvalue weighted by atomic mass is 9.91. The Morgan fingerprint density at radius 2 is 1.91 bits per heavy atom. The molecule has 0 saturated carbocycles. The Balaban J connectivity index is 2.62. The Labute approximate surface area is 132 Å². The fourth-order valence-corrected chi connectivity index (χ4v) is 2.79. The molecule has 1 aromatic carbocycles. The molecule has 0 aliphatic heterocycles. The average molecular weight is 319 g/mol. The van der Waals surface area contributed by atoms with E-state index in [4.69, 9.17) is 0 Å². The zero-order valence-electron chi connectivity index (χ0n) is 13.0. The van der Waals surface area contributed by atoms with Crippen molar-refractivity contribution in [3.8, 4) is 0 Å². The van der Waals surface area contributed by atoms with Crippen LogP contribution in [0.4, 0.5) is 4.39 Å². The molecule has 2 aromatic rings. The minimum absolute atomic E-state index is 0.0539. The van der Waals surface area contributed by atoms with Gasteiger partial charge in [-0.05, 0) is 12.1 Å². The van der Waals surface area contributed by atoms with Gasteiger partial charge in [-0.2, -0.15) is 0 Å². The molecule has 22 heavy (non-hydrogen) atoms. The van der Waals surface area contributed by atoms with Crippen molar-refractivity contribution in [3.05, 3.63) is 55.2 Å². The van der Waals surface area contributed by atoms with E-state index < -0.39 is 5.41 Å². The third-order valence-electron chi connectivity index (χ3n) is 3.25. The van der Waals surface area contributed by atoms with Gasteiger partial charge in [-0.3, -0.25) is 9.59 Å². The lowest BCUT2D eigenvalue weighted by Gasteiger charge is -2.12. The van der Waals surface area contributed by atoms with Crippen LogP contribution in [0.3, 0.4) is 0 Å². The number of ketones is 1. The molecule has 5 heteroatoms. The fraction of sp³-hybridized carbons (Fsp3) is 0.294. The van der Waals surface area contributed by atoms with Gasteiger partial charge in [0.1, 0.15) is 10.5 Å². The SMILES string of the molecule is Cn1c(=O)/c(=C/c2ccccc2F)s/c1=C/C(=O)C(C)(C)C. The number of thiazole rings is 1. The number of hydrogen-bond acceptors (Lipinski definition) is 3. The Kier molecular flexibility index (Phi) is 4.47. The maximum Gasteiger partial charge on any atom is 0.268 e. The minimum Gasteiger partial charge on any atom is -0.302 e. The smallest absolute Gasteiger partial charge is 0.268 e. The van der Waals surface area contributed by atoms with E-state index in [2.05, 4.69) is 0 Å². The highest BCUT2D eigenvalue weighted by molar-refractivity contribution is 7.07. The Hall–Kier alpha value is -2.01. The molecule has 0 unspecified atom stereocenters. The fourth-order valence-electron chi connectivity index (χ4n) is 1.77. The Morgan fingerprint density at radius 1 is 1.27 bits per heavy atom. The number of carbonyl (C=O) groups is 1. The second-order valence-electron chi connectivity index (χ2n) is 6.09. The van der Waals surface area contributed by atoms with E-state index in [1.54, 1.807) is 25.2 Å². The molecular formula is C17H18FNO2S. The predicted molar refractivity (Wildman–Crippen MR) is 87.7 cm³/mol. The van der Waals surface area contributed by atoms with Crippen LogP contribution in [0.15, 0.2) is 29.1 Å². The molecule has 1 aromatic heterocycles. The Morgan fingerprint density at radius 3 is 2.50 bits per heavy atom. The highest BCUT2D eigenvalue weighted by atomic mass is 32.1. The molecular weight excluding hydrogens is 301 g/mol. The largest absolute Gasteiger partial charge is 0.302 e. The van der Waals surface area contributed by atoms with Crippen molar-refractivity contribution in [2.24, 2.45) is 12.5 Å². The van der Waals surface area contributed by atoms with Crippen LogP contribution < -0.4 is 14.8 Å². The molecule has 0 aliphatic rings. The summed E-state index contributed by atoms with van der Waals surface area (Å²) in [5, 5.41) is 0. The molecule has 0 radical (unpaired) electrons. The summed E-state index contributed by atoms with van der Waals surface area (Å²) >= 11 is 1.19. The number of hydrogen-bond donors (Lipinski definition) is 0. The van der Waals surface area contributed by atoms with Crippen molar-refractivity contribution in [3.63, 3.8) is 0 Å². The number of nitrogens with zero attached hydrogens (tertiary/aromatic N) is 1. The summed E-state index contributed by atoms with van der Waals surface area (Å²) in [7, 11) is 1.61. The summed E-state index contributed by atoms with van der Waals surface area (Å²) in [6, 6.07) is 6.27. The van der Waals surface area contributed by atoms with Crippen molar-refractivity contribution < 1.29 is 9.18 Å². The highest BCUT2D eigenvalue weighted by Crippen LogP contribution is 2.14. The predicted octanol–water partition coefficient (Wildman–Crippen LogP) is 1.81. The van der Waals surface area contributed by atoms with Crippen LogP contribution in [-0.4, -0.2) is 10.4 Å². The van der Waals surface area contributed by atoms with Gasteiger partial charge in [0.05, 0.1) is 4.53 Å². The van der Waals surface area contributed by atoms with Gasteiger partial charge in [-0.25, -0.2) is 4.39 Å². The van der Waals surface area contributed by atoms with E-state index >= 15 is 0 Å². The lowest BCUT2D eigenvalue weighted by Crippen LogP contribution is -2.30. The van der Waals surface area contributed by atoms with Crippen LogP contribution in [0.25, 0.3) is 12.2 Å². The molecule has 0 amide bonds. The maximum atomic E-state index is 13.7. The van der Waals surface area contributed by atoms with Gasteiger partial charge in [-0.1, -0.05) is 39.0 Å². The molecule has 3 nitrogen and oxygen atoms in total. The van der Waals surface area contributed by atoms with Crippen molar-refractivity contribution in [2.45, 2.75) is 20.8 Å². The van der Waals surface area contributed by atoms with E-state index in [1.165, 1.54) is 34.1 Å². The molecule has 2 rings (SSSR count). The van der Waals surface area contributed by atoms with Crippen LogP contribution in [0, 0.1) is 11.2 Å². The summed E-state index contributed by atoms with van der Waals surface area (Å²) in [6.07, 6.45) is 2.99. The first-order chi connectivity index (χ1) is 10.2. The average Bonchev–Trinajstić information content (AvgIpc) is 2.69. The molecule has 0 spiro atoms. The molecule has 116 valence electrons. The third kappa shape index (κ3) is 3.42. The number of halogens is 1. The van der Waals surface area contributed by atoms with Crippen molar-refractivity contribution in [1.29, 1.82) is 0 Å². The van der Waals surface area contributed by atoms with Gasteiger partial charge in [0, 0.05) is 24.1 Å². The number of benzene rings is 1. The standard InChI is InChI=1S/C17H18FNO2S/c1-17(2,3)14(20)10-15-19(4)16(21)13(22-15)9-11-7-5-6-8-12(11)18/h5-10H,1-4H3/b13-9-,15-10+. The van der Waals surface area contributed by atoms with Crippen molar-refractivity contribution >= 4 is 29.3 Å². The van der Waals surface area contributed by atoms with Crippen molar-refractivity contribution in [2.75, 3.05) is 0 Å². The normalized spacial score (nSPS) is 13.7.